The number of nitrogens with zero attached hydrogens (tertiary/aromatic N) is 1. The molecule has 0 saturated carbocycles. The first-order chi connectivity index (χ1) is 24.3. The normalized spacial score (nSPS) is 17.8. The van der Waals surface area contributed by atoms with Crippen molar-refractivity contribution < 1.29 is 33.4 Å². The molecule has 1 heterocycles. The molecule has 282 valence electrons. The van der Waals surface area contributed by atoms with Gasteiger partial charge in [-0.2, -0.15) is 0 Å². The number of ketones is 1. The molecule has 0 aromatic heterocycles. The summed E-state index contributed by atoms with van der Waals surface area (Å²) in [5.74, 6) is -1.33. The average molecular weight is 709 g/mol. The predicted octanol–water partition coefficient (Wildman–Crippen LogP) is 3.73. The van der Waals surface area contributed by atoms with Gasteiger partial charge in [0.1, 0.15) is 23.8 Å². The molecule has 51 heavy (non-hydrogen) atoms. The summed E-state index contributed by atoms with van der Waals surface area (Å²) in [7, 11) is 3.94. The molecule has 3 rings (SSSR count). The second-order valence-electron chi connectivity index (χ2n) is 14.8. The largest absolute Gasteiger partial charge is 0.378 e. The van der Waals surface area contributed by atoms with Crippen molar-refractivity contribution in [3.05, 3.63) is 71.8 Å². The van der Waals surface area contributed by atoms with Gasteiger partial charge in [0.05, 0.1) is 32.5 Å². The van der Waals surface area contributed by atoms with Crippen LogP contribution in [-0.4, -0.2) is 105 Å². The van der Waals surface area contributed by atoms with E-state index in [2.05, 4.69) is 16.0 Å². The summed E-state index contributed by atoms with van der Waals surface area (Å²) >= 11 is 0. The van der Waals surface area contributed by atoms with Gasteiger partial charge in [-0.05, 0) is 69.7 Å². The van der Waals surface area contributed by atoms with Crippen LogP contribution in [0, 0.1) is 11.8 Å². The number of benzene rings is 2. The molecule has 0 aliphatic carbocycles. The number of amides is 3. The molecule has 0 radical (unpaired) electrons. The number of carbonyl (C=O) groups is 4. The van der Waals surface area contributed by atoms with Crippen molar-refractivity contribution in [3.8, 4) is 0 Å². The Bertz CT molecular complexity index is 1370. The maximum Gasteiger partial charge on any atom is 0.249 e. The third-order valence-electron chi connectivity index (χ3n) is 8.75. The molecule has 0 spiro atoms. The first-order valence-electron chi connectivity index (χ1n) is 18.3. The summed E-state index contributed by atoms with van der Waals surface area (Å²) in [6.45, 7) is 11.8. The van der Waals surface area contributed by atoms with Gasteiger partial charge < -0.3 is 35.1 Å². The molecular weight excluding hydrogens is 648 g/mol. The zero-order chi connectivity index (χ0) is 37.4. The molecule has 3 amide bonds. The molecule has 1 aliphatic rings. The highest BCUT2D eigenvalue weighted by Gasteiger charge is 2.50. The van der Waals surface area contributed by atoms with E-state index in [9.17, 15) is 19.2 Å². The fourth-order valence-electron chi connectivity index (χ4n) is 5.72. The van der Waals surface area contributed by atoms with E-state index in [1.54, 1.807) is 6.92 Å². The quantitative estimate of drug-likeness (QED) is 0.111. The van der Waals surface area contributed by atoms with Gasteiger partial charge in [0.15, 0.2) is 5.78 Å². The van der Waals surface area contributed by atoms with Crippen LogP contribution < -0.4 is 16.0 Å². The van der Waals surface area contributed by atoms with Crippen molar-refractivity contribution in [3.63, 3.8) is 0 Å². The minimum absolute atomic E-state index is 0.0589. The van der Waals surface area contributed by atoms with Gasteiger partial charge in [-0.3, -0.25) is 19.2 Å². The van der Waals surface area contributed by atoms with Crippen molar-refractivity contribution in [1.82, 2.24) is 20.9 Å². The van der Waals surface area contributed by atoms with Gasteiger partial charge in [0.25, 0.3) is 0 Å². The van der Waals surface area contributed by atoms with Crippen LogP contribution in [0.15, 0.2) is 60.7 Å². The lowest BCUT2D eigenvalue weighted by molar-refractivity contribution is -0.139. The van der Waals surface area contributed by atoms with Crippen LogP contribution in [0.3, 0.4) is 0 Å². The number of ether oxygens (including phenoxy) is 3. The molecule has 3 N–H and O–H groups in total. The topological polar surface area (TPSA) is 139 Å². The number of nitrogens with one attached hydrogen (secondary N) is 3. The van der Waals surface area contributed by atoms with E-state index >= 15 is 0 Å². The second kappa shape index (κ2) is 21.0. The van der Waals surface area contributed by atoms with Gasteiger partial charge in [-0.25, -0.2) is 0 Å². The Morgan fingerprint density at radius 1 is 0.745 bits per heavy atom. The molecule has 2 aromatic rings. The van der Waals surface area contributed by atoms with E-state index < -0.39 is 47.6 Å². The van der Waals surface area contributed by atoms with Crippen molar-refractivity contribution in [2.75, 3.05) is 47.1 Å². The van der Waals surface area contributed by atoms with Crippen LogP contribution in [0.2, 0.25) is 0 Å². The smallest absolute Gasteiger partial charge is 0.249 e. The van der Waals surface area contributed by atoms with Crippen LogP contribution in [0.4, 0.5) is 0 Å². The number of Topliss-reactive ketones (excluding diaryl/α,β-unsaturated/α-hetero) is 1. The first kappa shape index (κ1) is 41.8. The molecule has 1 saturated heterocycles. The van der Waals surface area contributed by atoms with E-state index in [4.69, 9.17) is 14.2 Å². The van der Waals surface area contributed by atoms with Crippen LogP contribution >= 0.6 is 0 Å². The number of epoxide rings is 1. The SMILES string of the molecule is CC(C)CC(NC(=O)[C@H](Cc1ccccc1)NC(=O)[C@H](CC(C)C)NC(=O)[C@H](CCc1ccccc1)OCCOCCN(C)C)C(=O)[C@@]1(C)CO1. The summed E-state index contributed by atoms with van der Waals surface area (Å²) in [5, 5.41) is 8.80. The molecule has 1 fully saturated rings. The van der Waals surface area contributed by atoms with Crippen molar-refractivity contribution in [1.29, 1.82) is 0 Å². The van der Waals surface area contributed by atoms with E-state index in [0.717, 1.165) is 17.7 Å². The Labute approximate surface area is 304 Å². The molecule has 11 nitrogen and oxygen atoms in total. The van der Waals surface area contributed by atoms with E-state index in [0.29, 0.717) is 45.5 Å². The molecule has 5 atom stereocenters. The van der Waals surface area contributed by atoms with Gasteiger partial charge in [-0.1, -0.05) is 88.4 Å². The first-order valence-corrected chi connectivity index (χ1v) is 18.3. The average Bonchev–Trinajstić information content (AvgIpc) is 3.84. The third kappa shape index (κ3) is 15.2. The van der Waals surface area contributed by atoms with E-state index in [1.807, 2.05) is 107 Å². The van der Waals surface area contributed by atoms with Crippen molar-refractivity contribution in [2.45, 2.75) is 96.6 Å². The Balaban J connectivity index is 1.77. The van der Waals surface area contributed by atoms with Gasteiger partial charge in [0.2, 0.25) is 17.7 Å². The monoisotopic (exact) mass is 708 g/mol. The fourth-order valence-corrected chi connectivity index (χ4v) is 5.72. The maximum atomic E-state index is 14.0. The molecule has 1 unspecified atom stereocenters. The van der Waals surface area contributed by atoms with Crippen LogP contribution in [0.5, 0.6) is 0 Å². The number of hydrogen-bond acceptors (Lipinski definition) is 8. The van der Waals surface area contributed by atoms with Crippen molar-refractivity contribution >= 4 is 23.5 Å². The summed E-state index contributed by atoms with van der Waals surface area (Å²) in [6, 6.07) is 16.6. The molecule has 11 heteroatoms. The number of likely N-dealkylation sites (N-methyl/N-ethyl adjacent to an activating group) is 1. The lowest BCUT2D eigenvalue weighted by atomic mass is 9.93. The van der Waals surface area contributed by atoms with Crippen LogP contribution in [0.1, 0.15) is 65.0 Å². The standard InChI is InChI=1S/C40H60N4O7/c1-28(2)24-32(36(45)40(5)27-51-40)41-38(47)34(26-31-16-12-9-13-17-31)42-37(46)33(25-29(3)4)43-39(48)35(19-18-30-14-10-8-11-15-30)50-23-22-49-21-20-44(6)7/h8-17,28-29,32-35H,18-27H2,1-7H3,(H,41,47)(H,42,46)(H,43,48)/t32?,33-,34-,35-,40+/m0/s1. The van der Waals surface area contributed by atoms with E-state index in [-0.39, 0.29) is 30.6 Å². The van der Waals surface area contributed by atoms with Crippen molar-refractivity contribution in [2.24, 2.45) is 11.8 Å². The summed E-state index contributed by atoms with van der Waals surface area (Å²) < 4.78 is 17.1. The van der Waals surface area contributed by atoms with Crippen LogP contribution in [0.25, 0.3) is 0 Å². The number of rotatable bonds is 24. The lowest BCUT2D eigenvalue weighted by Crippen LogP contribution is -2.58. The zero-order valence-electron chi connectivity index (χ0n) is 31.6. The number of hydrogen-bond donors (Lipinski definition) is 3. The van der Waals surface area contributed by atoms with Gasteiger partial charge in [-0.15, -0.1) is 0 Å². The number of aryl methyl sites for hydroxylation is 1. The highest BCUT2D eigenvalue weighted by atomic mass is 16.6. The summed E-state index contributed by atoms with van der Waals surface area (Å²) in [5.41, 5.74) is 1.01. The summed E-state index contributed by atoms with van der Waals surface area (Å²) in [6.07, 6.45) is 1.20. The Morgan fingerprint density at radius 2 is 1.27 bits per heavy atom. The number of carbonyl (C=O) groups excluding carboxylic acids is 4. The molecular formula is C40H60N4O7. The fraction of sp³-hybridized carbons (Fsp3) is 0.600. The predicted molar refractivity (Wildman–Crippen MR) is 198 cm³/mol. The minimum Gasteiger partial charge on any atom is -0.378 e. The highest BCUT2D eigenvalue weighted by Crippen LogP contribution is 2.29. The second-order valence-corrected chi connectivity index (χ2v) is 14.8. The Hall–Kier alpha value is -3.64. The third-order valence-corrected chi connectivity index (χ3v) is 8.75. The minimum atomic E-state index is -0.994. The molecule has 0 bridgehead atoms. The molecule has 1 aliphatic heterocycles. The Kier molecular flexibility index (Phi) is 17.2. The zero-order valence-corrected chi connectivity index (χ0v) is 31.6. The van der Waals surface area contributed by atoms with Crippen LogP contribution in [-0.2, 0) is 46.2 Å². The highest BCUT2D eigenvalue weighted by molar-refractivity contribution is 5.98. The van der Waals surface area contributed by atoms with E-state index in [1.165, 1.54) is 0 Å². The molecule has 2 aromatic carbocycles. The lowest BCUT2D eigenvalue weighted by Gasteiger charge is -2.28. The maximum absolute atomic E-state index is 14.0. The summed E-state index contributed by atoms with van der Waals surface area (Å²) in [4.78, 5) is 57.1. The van der Waals surface area contributed by atoms with Gasteiger partial charge >= 0.3 is 0 Å². The van der Waals surface area contributed by atoms with Gasteiger partial charge in [0, 0.05) is 13.0 Å². The Morgan fingerprint density at radius 3 is 1.84 bits per heavy atom.